The number of esters is 1. The Kier molecular flexibility index (Phi) is 4.84. The first-order chi connectivity index (χ1) is 12.9. The molecular weight excluding hydrogens is 352 g/mol. The lowest BCUT2D eigenvalue weighted by atomic mass is 10.1. The molecule has 27 heavy (non-hydrogen) atoms. The molecule has 0 aliphatic carbocycles. The van der Waals surface area contributed by atoms with E-state index in [2.05, 4.69) is 10.1 Å². The maximum absolute atomic E-state index is 12.7. The fourth-order valence-electron chi connectivity index (χ4n) is 2.51. The highest BCUT2D eigenvalue weighted by Crippen LogP contribution is 2.27. The molecule has 0 aliphatic heterocycles. The lowest BCUT2D eigenvalue weighted by molar-refractivity contribution is -0.127. The third-order valence-corrected chi connectivity index (χ3v) is 3.81. The summed E-state index contributed by atoms with van der Waals surface area (Å²) in [4.78, 5) is 39.6. The quantitative estimate of drug-likeness (QED) is 0.671. The van der Waals surface area contributed by atoms with E-state index in [9.17, 15) is 14.4 Å². The van der Waals surface area contributed by atoms with E-state index in [0.717, 1.165) is 5.56 Å². The van der Waals surface area contributed by atoms with Crippen LogP contribution in [0.15, 0.2) is 40.9 Å². The van der Waals surface area contributed by atoms with Gasteiger partial charge in [-0.3, -0.25) is 10.1 Å². The third-order valence-electron chi connectivity index (χ3n) is 3.81. The minimum Gasteiger partial charge on any atom is -0.449 e. The van der Waals surface area contributed by atoms with Crippen LogP contribution in [0.4, 0.5) is 4.79 Å². The van der Waals surface area contributed by atoms with Crippen molar-refractivity contribution in [2.45, 2.75) is 20.0 Å². The number of carbonyl (C=O) groups excluding carboxylic acids is 3. The Labute approximate surface area is 153 Å². The first kappa shape index (κ1) is 18.1. The van der Waals surface area contributed by atoms with Gasteiger partial charge in [0.15, 0.2) is 6.10 Å². The molecule has 1 aromatic carbocycles. The van der Waals surface area contributed by atoms with Gasteiger partial charge >= 0.3 is 12.0 Å². The third kappa shape index (κ3) is 3.76. The van der Waals surface area contributed by atoms with Gasteiger partial charge in [0, 0.05) is 5.56 Å². The molecule has 9 heteroatoms. The molecule has 3 N–H and O–H groups in total. The number of pyridine rings is 1. The van der Waals surface area contributed by atoms with Gasteiger partial charge in [-0.1, -0.05) is 35.5 Å². The molecule has 9 nitrogen and oxygen atoms in total. The molecule has 0 saturated carbocycles. The number of hydrogen-bond donors (Lipinski definition) is 2. The first-order valence-corrected chi connectivity index (χ1v) is 8.00. The fourth-order valence-corrected chi connectivity index (χ4v) is 2.51. The van der Waals surface area contributed by atoms with Crippen molar-refractivity contribution in [2.75, 3.05) is 0 Å². The zero-order chi connectivity index (χ0) is 19.6. The Morgan fingerprint density at radius 1 is 1.22 bits per heavy atom. The van der Waals surface area contributed by atoms with Crippen LogP contribution in [0.1, 0.15) is 23.0 Å². The van der Waals surface area contributed by atoms with Crippen molar-refractivity contribution in [1.82, 2.24) is 15.5 Å². The highest BCUT2D eigenvalue weighted by molar-refractivity contribution is 6.05. The van der Waals surface area contributed by atoms with Gasteiger partial charge in [-0.05, 0) is 19.9 Å². The second kappa shape index (κ2) is 7.24. The number of hydrogen-bond acceptors (Lipinski definition) is 7. The van der Waals surface area contributed by atoms with Gasteiger partial charge in [0.2, 0.25) is 0 Å². The fraction of sp³-hybridized carbons (Fsp3) is 0.167. The minimum atomic E-state index is -1.23. The van der Waals surface area contributed by atoms with Gasteiger partial charge < -0.3 is 15.0 Å². The van der Waals surface area contributed by atoms with Crippen LogP contribution < -0.4 is 11.1 Å². The molecule has 0 bridgehead atoms. The predicted octanol–water partition coefficient (Wildman–Crippen LogP) is 1.94. The number of fused-ring (bicyclic) bond motifs is 1. The number of ether oxygens (including phenoxy) is 1. The van der Waals surface area contributed by atoms with Crippen LogP contribution in [-0.2, 0) is 9.53 Å². The summed E-state index contributed by atoms with van der Waals surface area (Å²) in [6, 6.07) is 9.69. The molecule has 3 aromatic rings. The molecule has 1 atom stereocenters. The lowest BCUT2D eigenvalue weighted by Crippen LogP contribution is -2.42. The molecule has 0 spiro atoms. The molecule has 0 aliphatic rings. The topological polar surface area (TPSA) is 137 Å². The molecule has 0 saturated heterocycles. The minimum absolute atomic E-state index is 0.149. The van der Waals surface area contributed by atoms with Gasteiger partial charge in [0.1, 0.15) is 0 Å². The summed E-state index contributed by atoms with van der Waals surface area (Å²) < 4.78 is 10.4. The number of urea groups is 1. The van der Waals surface area contributed by atoms with Crippen LogP contribution >= 0.6 is 0 Å². The number of aryl methyl sites for hydroxylation is 1. The number of nitrogens with two attached hydrogens (primary N) is 1. The van der Waals surface area contributed by atoms with E-state index in [0.29, 0.717) is 16.8 Å². The molecule has 3 rings (SSSR count). The maximum Gasteiger partial charge on any atom is 0.339 e. The van der Waals surface area contributed by atoms with Gasteiger partial charge in [0.25, 0.3) is 11.6 Å². The number of nitrogens with one attached hydrogen (secondary N) is 1. The number of nitrogens with zero attached hydrogens (tertiary/aromatic N) is 2. The SMILES string of the molecule is Cc1noc2nc(-c3ccccc3)cc(C(=O)OC(C)C(=O)NC(N)=O)c12. The number of aromatic nitrogens is 2. The average molecular weight is 368 g/mol. The van der Waals surface area contributed by atoms with Crippen LogP contribution in [-0.4, -0.2) is 34.2 Å². The second-order valence-corrected chi connectivity index (χ2v) is 5.77. The molecule has 1 unspecified atom stereocenters. The van der Waals surface area contributed by atoms with E-state index >= 15 is 0 Å². The van der Waals surface area contributed by atoms with E-state index in [-0.39, 0.29) is 11.3 Å². The maximum atomic E-state index is 12.7. The summed E-state index contributed by atoms with van der Waals surface area (Å²) in [5.41, 5.74) is 6.93. The van der Waals surface area contributed by atoms with Crippen molar-refractivity contribution in [2.24, 2.45) is 5.73 Å². The molecule has 0 fully saturated rings. The first-order valence-electron chi connectivity index (χ1n) is 8.00. The molecule has 3 amide bonds. The highest BCUT2D eigenvalue weighted by Gasteiger charge is 2.24. The standard InChI is InChI=1S/C18H16N4O5/c1-9-14-12(17(24)26-10(2)15(23)21-18(19)25)8-13(20-16(14)27-22-9)11-6-4-3-5-7-11/h3-8,10H,1-2H3,(H3,19,21,23,25). The van der Waals surface area contributed by atoms with Crippen LogP contribution in [0.3, 0.4) is 0 Å². The van der Waals surface area contributed by atoms with Gasteiger partial charge in [0.05, 0.1) is 22.3 Å². The molecule has 2 aromatic heterocycles. The number of carbonyl (C=O) groups is 3. The van der Waals surface area contributed by atoms with E-state index in [4.69, 9.17) is 15.0 Å². The normalized spacial score (nSPS) is 11.8. The second-order valence-electron chi connectivity index (χ2n) is 5.77. The molecule has 138 valence electrons. The zero-order valence-corrected chi connectivity index (χ0v) is 14.6. The molecular formula is C18H16N4O5. The van der Waals surface area contributed by atoms with Crippen LogP contribution in [0.5, 0.6) is 0 Å². The summed E-state index contributed by atoms with van der Waals surface area (Å²) >= 11 is 0. The van der Waals surface area contributed by atoms with Crippen molar-refractivity contribution in [3.8, 4) is 11.3 Å². The Morgan fingerprint density at radius 2 is 1.93 bits per heavy atom. The summed E-state index contributed by atoms with van der Waals surface area (Å²) in [6.07, 6.45) is -1.23. The summed E-state index contributed by atoms with van der Waals surface area (Å²) in [6.45, 7) is 2.99. The lowest BCUT2D eigenvalue weighted by Gasteiger charge is -2.13. The van der Waals surface area contributed by atoms with Crippen molar-refractivity contribution in [3.63, 3.8) is 0 Å². The van der Waals surface area contributed by atoms with E-state index in [1.807, 2.05) is 35.6 Å². The smallest absolute Gasteiger partial charge is 0.339 e. The Morgan fingerprint density at radius 3 is 2.59 bits per heavy atom. The van der Waals surface area contributed by atoms with Crippen LogP contribution in [0, 0.1) is 6.92 Å². The van der Waals surface area contributed by atoms with E-state index in [1.54, 1.807) is 13.0 Å². The van der Waals surface area contributed by atoms with Crippen molar-refractivity contribution in [3.05, 3.63) is 47.7 Å². The highest BCUT2D eigenvalue weighted by atomic mass is 16.5. The summed E-state index contributed by atoms with van der Waals surface area (Å²) in [5, 5.41) is 6.09. The van der Waals surface area contributed by atoms with Gasteiger partial charge in [-0.25, -0.2) is 14.6 Å². The Hall–Kier alpha value is -3.75. The van der Waals surface area contributed by atoms with E-state index in [1.165, 1.54) is 6.92 Å². The Balaban J connectivity index is 1.99. The number of rotatable bonds is 4. The van der Waals surface area contributed by atoms with Gasteiger partial charge in [-0.2, -0.15) is 0 Å². The van der Waals surface area contributed by atoms with Crippen LogP contribution in [0.2, 0.25) is 0 Å². The molecule has 0 radical (unpaired) electrons. The van der Waals surface area contributed by atoms with Crippen molar-refractivity contribution in [1.29, 1.82) is 0 Å². The zero-order valence-electron chi connectivity index (χ0n) is 14.6. The number of amides is 3. The summed E-state index contributed by atoms with van der Waals surface area (Å²) in [7, 11) is 0. The predicted molar refractivity (Wildman–Crippen MR) is 94.6 cm³/mol. The largest absolute Gasteiger partial charge is 0.449 e. The van der Waals surface area contributed by atoms with Crippen molar-refractivity contribution >= 4 is 29.0 Å². The number of imide groups is 1. The average Bonchev–Trinajstić information content (AvgIpc) is 3.02. The monoisotopic (exact) mass is 368 g/mol. The molecule has 2 heterocycles. The van der Waals surface area contributed by atoms with Crippen LogP contribution in [0.25, 0.3) is 22.4 Å². The Bertz CT molecular complexity index is 1030. The summed E-state index contributed by atoms with van der Waals surface area (Å²) in [5.74, 6) is -1.61. The number of benzene rings is 1. The van der Waals surface area contributed by atoms with Crippen molar-refractivity contribution < 1.29 is 23.6 Å². The van der Waals surface area contributed by atoms with E-state index < -0.39 is 24.0 Å². The number of primary amides is 1. The van der Waals surface area contributed by atoms with Gasteiger partial charge in [-0.15, -0.1) is 0 Å².